The average Bonchev–Trinajstić information content (AvgIpc) is 2.29. The van der Waals surface area contributed by atoms with Crippen LogP contribution >= 0.6 is 11.6 Å². The molecule has 0 aromatic heterocycles. The summed E-state index contributed by atoms with van der Waals surface area (Å²) in [4.78, 5) is 12.9. The second kappa shape index (κ2) is 6.12. The maximum Gasteiger partial charge on any atom is 0.223 e. The van der Waals surface area contributed by atoms with Gasteiger partial charge in [-0.3, -0.25) is 4.79 Å². The molecule has 1 aromatic carbocycles. The lowest BCUT2D eigenvalue weighted by molar-refractivity contribution is -0.128. The molecule has 0 aliphatic heterocycles. The van der Waals surface area contributed by atoms with Crippen molar-refractivity contribution in [2.24, 2.45) is 0 Å². The van der Waals surface area contributed by atoms with E-state index in [2.05, 4.69) is 11.4 Å². The number of hydrogen-bond acceptors (Lipinski definition) is 3. The maximum absolute atomic E-state index is 11.3. The number of nitrogens with zero attached hydrogens (tertiary/aromatic N) is 2. The standard InChI is InChI=1S/C12H14ClN3O/c1-16(2)12(17)5-6-15-11-7-10(13)4-3-9(11)8-14/h3-4,7,15H,5-6H2,1-2H3. The van der Waals surface area contributed by atoms with Crippen molar-refractivity contribution in [1.29, 1.82) is 5.26 Å². The van der Waals surface area contributed by atoms with Crippen LogP contribution in [0.15, 0.2) is 18.2 Å². The number of halogens is 1. The lowest BCUT2D eigenvalue weighted by Gasteiger charge is -2.12. The molecule has 0 bridgehead atoms. The van der Waals surface area contributed by atoms with Gasteiger partial charge in [0, 0.05) is 32.1 Å². The van der Waals surface area contributed by atoms with Crippen LogP contribution in [0, 0.1) is 11.3 Å². The first kappa shape index (κ1) is 13.3. The van der Waals surface area contributed by atoms with Gasteiger partial charge < -0.3 is 10.2 Å². The smallest absolute Gasteiger partial charge is 0.223 e. The third-order valence-electron chi connectivity index (χ3n) is 2.26. The highest BCUT2D eigenvalue weighted by atomic mass is 35.5. The zero-order chi connectivity index (χ0) is 12.8. The highest BCUT2D eigenvalue weighted by Crippen LogP contribution is 2.20. The topological polar surface area (TPSA) is 56.1 Å². The number of amides is 1. The summed E-state index contributed by atoms with van der Waals surface area (Å²) in [6.45, 7) is 0.478. The zero-order valence-corrected chi connectivity index (χ0v) is 10.6. The molecule has 0 unspecified atom stereocenters. The van der Waals surface area contributed by atoms with Crippen molar-refractivity contribution >= 4 is 23.2 Å². The molecule has 17 heavy (non-hydrogen) atoms. The van der Waals surface area contributed by atoms with Crippen LogP contribution in [0.4, 0.5) is 5.69 Å². The first-order chi connectivity index (χ1) is 8.04. The summed E-state index contributed by atoms with van der Waals surface area (Å²) in [6.07, 6.45) is 0.379. The van der Waals surface area contributed by atoms with Crippen molar-refractivity contribution in [3.05, 3.63) is 28.8 Å². The van der Waals surface area contributed by atoms with E-state index >= 15 is 0 Å². The quantitative estimate of drug-likeness (QED) is 0.892. The molecule has 1 N–H and O–H groups in total. The van der Waals surface area contributed by atoms with Gasteiger partial charge in [0.25, 0.3) is 0 Å². The summed E-state index contributed by atoms with van der Waals surface area (Å²) in [6, 6.07) is 7.06. The van der Waals surface area contributed by atoms with Crippen molar-refractivity contribution < 1.29 is 4.79 Å². The number of nitriles is 1. The van der Waals surface area contributed by atoms with Gasteiger partial charge in [0.1, 0.15) is 6.07 Å². The van der Waals surface area contributed by atoms with Gasteiger partial charge >= 0.3 is 0 Å². The lowest BCUT2D eigenvalue weighted by atomic mass is 10.2. The fourth-order valence-corrected chi connectivity index (χ4v) is 1.46. The first-order valence-corrected chi connectivity index (χ1v) is 5.56. The number of benzene rings is 1. The predicted molar refractivity (Wildman–Crippen MR) is 68.0 cm³/mol. The first-order valence-electron chi connectivity index (χ1n) is 5.18. The Kier molecular flexibility index (Phi) is 4.80. The van der Waals surface area contributed by atoms with E-state index in [1.165, 1.54) is 4.90 Å². The number of carbonyl (C=O) groups excluding carboxylic acids is 1. The minimum atomic E-state index is 0.0398. The van der Waals surface area contributed by atoms with E-state index in [-0.39, 0.29) is 5.91 Å². The van der Waals surface area contributed by atoms with E-state index in [0.717, 1.165) is 0 Å². The van der Waals surface area contributed by atoms with Crippen LogP contribution in [0.5, 0.6) is 0 Å². The van der Waals surface area contributed by atoms with Gasteiger partial charge in [-0.25, -0.2) is 0 Å². The molecular weight excluding hydrogens is 238 g/mol. The largest absolute Gasteiger partial charge is 0.383 e. The van der Waals surface area contributed by atoms with E-state index in [4.69, 9.17) is 16.9 Å². The Labute approximate surface area is 106 Å². The van der Waals surface area contributed by atoms with Gasteiger partial charge in [-0.05, 0) is 18.2 Å². The Morgan fingerprint density at radius 3 is 2.82 bits per heavy atom. The van der Waals surface area contributed by atoms with E-state index in [0.29, 0.717) is 29.2 Å². The van der Waals surface area contributed by atoms with Crippen LogP contribution in [0.1, 0.15) is 12.0 Å². The van der Waals surface area contributed by atoms with Crippen LogP contribution in [-0.4, -0.2) is 31.4 Å². The average molecular weight is 252 g/mol. The van der Waals surface area contributed by atoms with Crippen molar-refractivity contribution in [2.75, 3.05) is 26.0 Å². The third kappa shape index (κ3) is 3.97. The minimum absolute atomic E-state index is 0.0398. The Morgan fingerprint density at radius 2 is 2.24 bits per heavy atom. The molecule has 1 rings (SSSR count). The summed E-state index contributed by atoms with van der Waals surface area (Å²) < 4.78 is 0. The summed E-state index contributed by atoms with van der Waals surface area (Å²) in [5.41, 5.74) is 1.18. The molecule has 0 saturated heterocycles. The summed E-state index contributed by atoms with van der Waals surface area (Å²) in [5, 5.41) is 12.5. The molecule has 4 nitrogen and oxygen atoms in total. The number of anilines is 1. The maximum atomic E-state index is 11.3. The van der Waals surface area contributed by atoms with Crippen LogP contribution in [0.25, 0.3) is 0 Å². The molecule has 0 fully saturated rings. The van der Waals surface area contributed by atoms with Crippen LogP contribution in [-0.2, 0) is 4.79 Å². The second-order valence-corrected chi connectivity index (χ2v) is 4.20. The number of rotatable bonds is 4. The van der Waals surface area contributed by atoms with Gasteiger partial charge in [0.15, 0.2) is 0 Å². The van der Waals surface area contributed by atoms with Gasteiger partial charge in [0.2, 0.25) is 5.91 Å². The fourth-order valence-electron chi connectivity index (χ4n) is 1.29. The minimum Gasteiger partial charge on any atom is -0.383 e. The van der Waals surface area contributed by atoms with Crippen molar-refractivity contribution in [3.8, 4) is 6.07 Å². The molecule has 0 atom stereocenters. The lowest BCUT2D eigenvalue weighted by Crippen LogP contribution is -2.24. The molecule has 0 spiro atoms. The number of carbonyl (C=O) groups is 1. The third-order valence-corrected chi connectivity index (χ3v) is 2.49. The fraction of sp³-hybridized carbons (Fsp3) is 0.333. The van der Waals surface area contributed by atoms with E-state index < -0.39 is 0 Å². The molecule has 1 amide bonds. The van der Waals surface area contributed by atoms with Crippen LogP contribution in [0.2, 0.25) is 5.02 Å². The van der Waals surface area contributed by atoms with Gasteiger partial charge in [-0.1, -0.05) is 11.6 Å². The zero-order valence-electron chi connectivity index (χ0n) is 9.83. The summed E-state index contributed by atoms with van der Waals surface area (Å²) >= 11 is 5.84. The molecule has 5 heteroatoms. The van der Waals surface area contributed by atoms with Gasteiger partial charge in [0.05, 0.1) is 11.3 Å². The SMILES string of the molecule is CN(C)C(=O)CCNc1cc(Cl)ccc1C#N. The van der Waals surface area contributed by atoms with Crippen LogP contribution in [0.3, 0.4) is 0 Å². The number of nitrogens with one attached hydrogen (secondary N) is 1. The molecular formula is C12H14ClN3O. The monoisotopic (exact) mass is 251 g/mol. The van der Waals surface area contributed by atoms with Crippen molar-refractivity contribution in [2.45, 2.75) is 6.42 Å². The molecule has 0 saturated carbocycles. The normalized spacial score (nSPS) is 9.53. The summed E-state index contributed by atoms with van der Waals surface area (Å²) in [7, 11) is 3.42. The van der Waals surface area contributed by atoms with E-state index in [1.807, 2.05) is 0 Å². The Morgan fingerprint density at radius 1 is 1.53 bits per heavy atom. The molecule has 0 aliphatic carbocycles. The molecule has 0 heterocycles. The highest BCUT2D eigenvalue weighted by molar-refractivity contribution is 6.30. The van der Waals surface area contributed by atoms with Crippen molar-refractivity contribution in [1.82, 2.24) is 4.90 Å². The van der Waals surface area contributed by atoms with E-state index in [9.17, 15) is 4.79 Å². The van der Waals surface area contributed by atoms with Crippen LogP contribution < -0.4 is 5.32 Å². The van der Waals surface area contributed by atoms with Crippen molar-refractivity contribution in [3.63, 3.8) is 0 Å². The molecule has 0 radical (unpaired) electrons. The van der Waals surface area contributed by atoms with E-state index in [1.54, 1.807) is 32.3 Å². The Balaban J connectivity index is 2.60. The molecule has 90 valence electrons. The second-order valence-electron chi connectivity index (χ2n) is 3.77. The predicted octanol–water partition coefficient (Wildman–Crippen LogP) is 2.10. The Hall–Kier alpha value is -1.73. The Bertz CT molecular complexity index is 452. The molecule has 1 aromatic rings. The number of hydrogen-bond donors (Lipinski definition) is 1. The molecule has 0 aliphatic rings. The van der Waals surface area contributed by atoms with Gasteiger partial charge in [-0.2, -0.15) is 5.26 Å². The highest BCUT2D eigenvalue weighted by Gasteiger charge is 2.05. The summed E-state index contributed by atoms with van der Waals surface area (Å²) in [5.74, 6) is 0.0398. The van der Waals surface area contributed by atoms with Gasteiger partial charge in [-0.15, -0.1) is 0 Å².